The second-order valence-electron chi connectivity index (χ2n) is 17.1. The maximum atomic E-state index is 10.5. The summed E-state index contributed by atoms with van der Waals surface area (Å²) in [5.74, 6) is 3.73. The number of imidazole rings is 2. The van der Waals surface area contributed by atoms with Crippen LogP contribution in [-0.2, 0) is 6.42 Å². The van der Waals surface area contributed by atoms with Gasteiger partial charge in [0, 0.05) is 62.0 Å². The van der Waals surface area contributed by atoms with Crippen LogP contribution >= 0.6 is 0 Å². The van der Waals surface area contributed by atoms with E-state index in [0.29, 0.717) is 36.1 Å². The Morgan fingerprint density at radius 2 is 1.41 bits per heavy atom. The standard InChI is InChI=1S/C45H54N12O2/c1-45(2,58)34-11-13-35(14-12-34)49-40-16-18-42-47-28-37(57(42)53-40)31-7-5-9-33(25-31)44-51-50-43(59-44)21-24-55-22-19-30(20-23-55)27-46-39-15-17-41-48-29-38(56(41)52-39)32-8-6-10-36(26-32)54(3)4/h5-10,15-18,25-26,28-30,34-35,58H,11-14,19-24,27H2,1-4H3,(H,46,52)(H,49,53). The van der Waals surface area contributed by atoms with Gasteiger partial charge in [-0.05, 0) is 126 Å². The second-order valence-corrected chi connectivity index (χ2v) is 17.1. The average Bonchev–Trinajstić information content (AvgIpc) is 4.01. The molecule has 2 fully saturated rings. The summed E-state index contributed by atoms with van der Waals surface area (Å²) in [5.41, 5.74) is 6.90. The molecule has 14 heteroatoms. The van der Waals surface area contributed by atoms with Gasteiger partial charge in [-0.1, -0.05) is 24.3 Å². The Bertz CT molecular complexity index is 2520. The zero-order valence-corrected chi connectivity index (χ0v) is 34.4. The van der Waals surface area contributed by atoms with Gasteiger partial charge in [-0.15, -0.1) is 20.4 Å². The molecule has 1 aliphatic carbocycles. The third-order valence-electron chi connectivity index (χ3n) is 12.3. The van der Waals surface area contributed by atoms with E-state index in [4.69, 9.17) is 14.6 Å². The van der Waals surface area contributed by atoms with Crippen molar-refractivity contribution in [3.05, 3.63) is 91.1 Å². The zero-order valence-electron chi connectivity index (χ0n) is 34.4. The molecule has 1 aliphatic heterocycles. The molecule has 306 valence electrons. The van der Waals surface area contributed by atoms with E-state index in [-0.39, 0.29) is 0 Å². The molecular weight excluding hydrogens is 741 g/mol. The third-order valence-corrected chi connectivity index (χ3v) is 12.3. The minimum Gasteiger partial charge on any atom is -0.421 e. The van der Waals surface area contributed by atoms with Gasteiger partial charge in [-0.2, -0.15) is 0 Å². The van der Waals surface area contributed by atoms with Crippen LogP contribution in [0, 0.1) is 11.8 Å². The van der Waals surface area contributed by atoms with Crippen molar-refractivity contribution in [3.63, 3.8) is 0 Å². The Balaban J connectivity index is 0.768. The number of aromatic nitrogens is 8. The molecule has 0 radical (unpaired) electrons. The summed E-state index contributed by atoms with van der Waals surface area (Å²) in [5, 5.41) is 36.4. The van der Waals surface area contributed by atoms with Crippen molar-refractivity contribution < 1.29 is 9.52 Å². The van der Waals surface area contributed by atoms with Gasteiger partial charge < -0.3 is 30.0 Å². The first-order chi connectivity index (χ1) is 28.6. The van der Waals surface area contributed by atoms with Gasteiger partial charge in [0.15, 0.2) is 11.3 Å². The number of rotatable bonds is 13. The number of piperidine rings is 1. The molecule has 0 bridgehead atoms. The van der Waals surface area contributed by atoms with E-state index in [1.165, 1.54) is 0 Å². The minimum atomic E-state index is -0.632. The van der Waals surface area contributed by atoms with Crippen LogP contribution in [0.15, 0.2) is 89.6 Å². The average molecular weight is 795 g/mol. The lowest BCUT2D eigenvalue weighted by Gasteiger charge is -2.36. The predicted octanol–water partition coefficient (Wildman–Crippen LogP) is 7.33. The number of anilines is 3. The Labute approximate surface area is 344 Å². The quantitative estimate of drug-likeness (QED) is 0.107. The Morgan fingerprint density at radius 3 is 2.10 bits per heavy atom. The summed E-state index contributed by atoms with van der Waals surface area (Å²) in [4.78, 5) is 13.8. The molecule has 1 saturated heterocycles. The van der Waals surface area contributed by atoms with Crippen LogP contribution in [0.5, 0.6) is 0 Å². The first kappa shape index (κ1) is 38.6. The number of aliphatic hydroxyl groups is 1. The van der Waals surface area contributed by atoms with Crippen molar-refractivity contribution >= 4 is 28.6 Å². The number of hydrogen-bond acceptors (Lipinski definition) is 12. The van der Waals surface area contributed by atoms with Crippen molar-refractivity contribution in [3.8, 4) is 34.0 Å². The fourth-order valence-corrected chi connectivity index (χ4v) is 8.61. The normalized spacial score (nSPS) is 18.1. The zero-order chi connectivity index (χ0) is 40.5. The molecule has 0 amide bonds. The molecule has 3 N–H and O–H groups in total. The number of hydrogen-bond donors (Lipinski definition) is 3. The highest BCUT2D eigenvalue weighted by atomic mass is 16.4. The van der Waals surface area contributed by atoms with Gasteiger partial charge in [0.1, 0.15) is 11.6 Å². The minimum absolute atomic E-state index is 0.329. The molecule has 9 rings (SSSR count). The molecule has 1 saturated carbocycles. The lowest BCUT2D eigenvalue weighted by Crippen LogP contribution is -2.37. The smallest absolute Gasteiger partial charge is 0.247 e. The molecule has 6 heterocycles. The Morgan fingerprint density at radius 1 is 0.763 bits per heavy atom. The molecule has 59 heavy (non-hydrogen) atoms. The highest BCUT2D eigenvalue weighted by Gasteiger charge is 2.31. The van der Waals surface area contributed by atoms with Crippen molar-refractivity contribution in [1.29, 1.82) is 0 Å². The fourth-order valence-electron chi connectivity index (χ4n) is 8.61. The number of fused-ring (bicyclic) bond motifs is 2. The van der Waals surface area contributed by atoms with Gasteiger partial charge in [-0.3, -0.25) is 0 Å². The summed E-state index contributed by atoms with van der Waals surface area (Å²) in [6.07, 6.45) is 10.7. The van der Waals surface area contributed by atoms with E-state index < -0.39 is 5.60 Å². The van der Waals surface area contributed by atoms with Gasteiger partial charge in [0.05, 0.1) is 29.4 Å². The van der Waals surface area contributed by atoms with Gasteiger partial charge in [-0.25, -0.2) is 19.0 Å². The number of benzene rings is 2. The summed E-state index contributed by atoms with van der Waals surface area (Å²) in [7, 11) is 4.10. The van der Waals surface area contributed by atoms with E-state index in [1.807, 2.05) is 85.8 Å². The summed E-state index contributed by atoms with van der Waals surface area (Å²) >= 11 is 0. The predicted molar refractivity (Wildman–Crippen MR) is 231 cm³/mol. The van der Waals surface area contributed by atoms with E-state index >= 15 is 0 Å². The molecule has 0 spiro atoms. The maximum absolute atomic E-state index is 10.5. The lowest BCUT2D eigenvalue weighted by molar-refractivity contribution is -0.000408. The SMILES string of the molecule is CN(C)c1cccc(-c2cnc3ccc(NCC4CCN(CCc5nnc(-c6cccc(-c7cnc8ccc(NC9CCC(C(C)(C)O)CC9)nn78)c6)o5)CC4)nn23)c1. The Kier molecular flexibility index (Phi) is 10.8. The highest BCUT2D eigenvalue weighted by Crippen LogP contribution is 2.34. The molecule has 0 atom stereocenters. The van der Waals surface area contributed by atoms with Crippen molar-refractivity contribution in [2.45, 2.75) is 70.4 Å². The molecule has 5 aromatic heterocycles. The van der Waals surface area contributed by atoms with Crippen LogP contribution in [0.25, 0.3) is 45.3 Å². The van der Waals surface area contributed by atoms with Crippen molar-refractivity contribution in [1.82, 2.24) is 44.3 Å². The molecule has 2 aromatic carbocycles. The number of nitrogens with zero attached hydrogens (tertiary/aromatic N) is 10. The van der Waals surface area contributed by atoms with Crippen molar-refractivity contribution in [2.24, 2.45) is 11.8 Å². The van der Waals surface area contributed by atoms with E-state index in [0.717, 1.165) is 121 Å². The van der Waals surface area contributed by atoms with Crippen LogP contribution in [0.4, 0.5) is 17.3 Å². The third kappa shape index (κ3) is 8.64. The van der Waals surface area contributed by atoms with Gasteiger partial charge in [0.2, 0.25) is 11.8 Å². The fraction of sp³-hybridized carbons (Fsp3) is 0.422. The molecular formula is C45H54N12O2. The van der Waals surface area contributed by atoms with E-state index in [1.54, 1.807) is 0 Å². The lowest BCUT2D eigenvalue weighted by atomic mass is 9.77. The first-order valence-electron chi connectivity index (χ1n) is 21.0. The molecule has 0 unspecified atom stereocenters. The largest absolute Gasteiger partial charge is 0.421 e. The van der Waals surface area contributed by atoms with Crippen molar-refractivity contribution in [2.75, 3.05) is 55.8 Å². The van der Waals surface area contributed by atoms with Crippen LogP contribution in [-0.4, -0.2) is 101 Å². The summed E-state index contributed by atoms with van der Waals surface area (Å²) in [6.45, 7) is 7.66. The number of nitrogens with one attached hydrogen (secondary N) is 2. The van der Waals surface area contributed by atoms with Crippen LogP contribution in [0.1, 0.15) is 58.3 Å². The molecule has 14 nitrogen and oxygen atoms in total. The first-order valence-corrected chi connectivity index (χ1v) is 21.0. The summed E-state index contributed by atoms with van der Waals surface area (Å²) in [6, 6.07) is 24.9. The Hall–Kier alpha value is -5.86. The van der Waals surface area contributed by atoms with Gasteiger partial charge in [0.25, 0.3) is 0 Å². The van der Waals surface area contributed by atoms with Crippen LogP contribution in [0.3, 0.4) is 0 Å². The van der Waals surface area contributed by atoms with E-state index in [2.05, 4.69) is 77.0 Å². The second kappa shape index (κ2) is 16.4. The van der Waals surface area contributed by atoms with Crippen LogP contribution in [0.2, 0.25) is 0 Å². The topological polar surface area (TPSA) is 150 Å². The number of likely N-dealkylation sites (tertiary alicyclic amines) is 1. The maximum Gasteiger partial charge on any atom is 0.247 e. The van der Waals surface area contributed by atoms with Gasteiger partial charge >= 0.3 is 0 Å². The molecule has 2 aliphatic rings. The van der Waals surface area contributed by atoms with E-state index in [9.17, 15) is 5.11 Å². The monoisotopic (exact) mass is 794 g/mol. The summed E-state index contributed by atoms with van der Waals surface area (Å²) < 4.78 is 10.0. The molecule has 7 aromatic rings. The van der Waals surface area contributed by atoms with Crippen LogP contribution < -0.4 is 15.5 Å². The highest BCUT2D eigenvalue weighted by molar-refractivity contribution is 5.70.